The van der Waals surface area contributed by atoms with E-state index in [1.54, 1.807) is 0 Å². The van der Waals surface area contributed by atoms with E-state index in [4.69, 9.17) is 0 Å². The second kappa shape index (κ2) is 5.49. The Morgan fingerprint density at radius 2 is 2.00 bits per heavy atom. The summed E-state index contributed by atoms with van der Waals surface area (Å²) < 4.78 is 27.8. The lowest BCUT2D eigenvalue weighted by Crippen LogP contribution is -2.39. The summed E-state index contributed by atoms with van der Waals surface area (Å²) in [7, 11) is 0. The summed E-state index contributed by atoms with van der Waals surface area (Å²) in [6.45, 7) is 2.16. The maximum Gasteiger partial charge on any atom is 0.274 e. The molecule has 0 atom stereocenters. The Hall–Kier alpha value is -2.70. The average molecular weight is 320 g/mol. The number of aromatic nitrogens is 1. The van der Waals surface area contributed by atoms with Crippen LogP contribution < -0.4 is 0 Å². The molecule has 1 aromatic heterocycles. The van der Waals surface area contributed by atoms with Crippen molar-refractivity contribution in [1.82, 2.24) is 9.47 Å². The van der Waals surface area contributed by atoms with Crippen molar-refractivity contribution in [2.24, 2.45) is 0 Å². The third-order valence-electron chi connectivity index (χ3n) is 3.89. The number of nitrogens with zero attached hydrogens (tertiary/aromatic N) is 2. The van der Waals surface area contributed by atoms with Crippen molar-refractivity contribution in [3.8, 4) is 5.75 Å². The number of Topliss-reactive ketones (excluding diaryl/α,β-unsaturated/α-hetero) is 1. The van der Waals surface area contributed by atoms with Gasteiger partial charge >= 0.3 is 0 Å². The highest BCUT2D eigenvalue weighted by Gasteiger charge is 2.31. The smallest absolute Gasteiger partial charge is 0.274 e. The number of rotatable bonds is 3. The van der Waals surface area contributed by atoms with E-state index in [1.165, 1.54) is 28.7 Å². The Kier molecular flexibility index (Phi) is 3.63. The van der Waals surface area contributed by atoms with Gasteiger partial charge in [-0.15, -0.1) is 0 Å². The molecule has 1 amide bonds. The maximum atomic E-state index is 13.3. The Balaban J connectivity index is 1.88. The molecule has 0 aliphatic carbocycles. The van der Waals surface area contributed by atoms with Crippen molar-refractivity contribution in [2.45, 2.75) is 20.0 Å². The summed E-state index contributed by atoms with van der Waals surface area (Å²) >= 11 is 0. The second-order valence-corrected chi connectivity index (χ2v) is 5.46. The molecule has 1 N–H and O–H groups in total. The van der Waals surface area contributed by atoms with Crippen LogP contribution in [0.1, 0.15) is 33.3 Å². The van der Waals surface area contributed by atoms with Gasteiger partial charge in [0.05, 0.1) is 5.56 Å². The average Bonchev–Trinajstić information content (AvgIpc) is 2.84. The van der Waals surface area contributed by atoms with Gasteiger partial charge in [0, 0.05) is 25.8 Å². The molecule has 1 aromatic carbocycles. The molecule has 0 radical (unpaired) electrons. The van der Waals surface area contributed by atoms with E-state index in [2.05, 4.69) is 0 Å². The van der Waals surface area contributed by atoms with Crippen molar-refractivity contribution in [3.05, 3.63) is 52.9 Å². The molecule has 0 bridgehead atoms. The molecule has 120 valence electrons. The summed E-state index contributed by atoms with van der Waals surface area (Å²) in [5.74, 6) is -3.04. The van der Waals surface area contributed by atoms with Gasteiger partial charge in [0.2, 0.25) is 0 Å². The maximum absolute atomic E-state index is 13.3. The normalized spacial score (nSPS) is 14.0. The topological polar surface area (TPSA) is 62.5 Å². The Morgan fingerprint density at radius 3 is 2.65 bits per heavy atom. The quantitative estimate of drug-likeness (QED) is 0.883. The first-order chi connectivity index (χ1) is 10.9. The van der Waals surface area contributed by atoms with Gasteiger partial charge in [0.1, 0.15) is 5.69 Å². The van der Waals surface area contributed by atoms with Gasteiger partial charge in [-0.3, -0.25) is 9.59 Å². The van der Waals surface area contributed by atoms with Crippen LogP contribution in [0.3, 0.4) is 0 Å². The third kappa shape index (κ3) is 2.58. The van der Waals surface area contributed by atoms with E-state index in [-0.39, 0.29) is 29.3 Å². The first-order valence-electron chi connectivity index (χ1n) is 7.04. The summed E-state index contributed by atoms with van der Waals surface area (Å²) in [4.78, 5) is 25.4. The van der Waals surface area contributed by atoms with Crippen LogP contribution in [0.25, 0.3) is 0 Å². The summed E-state index contributed by atoms with van der Waals surface area (Å²) in [5.41, 5.74) is 0.593. The van der Waals surface area contributed by atoms with E-state index in [9.17, 15) is 23.5 Å². The van der Waals surface area contributed by atoms with Crippen LogP contribution in [0.4, 0.5) is 8.78 Å². The zero-order chi connectivity index (χ0) is 16.7. The number of benzene rings is 1. The monoisotopic (exact) mass is 320 g/mol. The highest BCUT2D eigenvalue weighted by Crippen LogP contribution is 2.29. The number of carbonyl (C=O) groups excluding carboxylic acids is 2. The SMILES string of the molecule is CC(=O)c1cn2c(c1O)C(=O)N(Cc1ccc(F)c(F)c1)CC2. The number of amides is 1. The largest absolute Gasteiger partial charge is 0.505 e. The number of aromatic hydroxyl groups is 1. The molecular formula is C16H14F2N2O3. The van der Waals surface area contributed by atoms with E-state index < -0.39 is 17.5 Å². The van der Waals surface area contributed by atoms with Gasteiger partial charge in [-0.05, 0) is 24.6 Å². The predicted molar refractivity (Wildman–Crippen MR) is 77.2 cm³/mol. The van der Waals surface area contributed by atoms with Crippen LogP contribution in [0.5, 0.6) is 5.75 Å². The highest BCUT2D eigenvalue weighted by molar-refractivity contribution is 6.03. The molecule has 7 heteroatoms. The van der Waals surface area contributed by atoms with Gasteiger partial charge < -0.3 is 14.6 Å². The molecule has 1 aliphatic heterocycles. The van der Waals surface area contributed by atoms with E-state index in [0.29, 0.717) is 18.7 Å². The van der Waals surface area contributed by atoms with Crippen LogP contribution in [0, 0.1) is 11.6 Å². The number of halogens is 2. The molecule has 2 aromatic rings. The second-order valence-electron chi connectivity index (χ2n) is 5.46. The van der Waals surface area contributed by atoms with E-state index in [0.717, 1.165) is 12.1 Å². The van der Waals surface area contributed by atoms with Crippen LogP contribution in [-0.4, -0.2) is 32.8 Å². The molecule has 23 heavy (non-hydrogen) atoms. The molecule has 2 heterocycles. The number of hydrogen-bond acceptors (Lipinski definition) is 3. The van der Waals surface area contributed by atoms with Crippen molar-refractivity contribution in [3.63, 3.8) is 0 Å². The molecule has 1 aliphatic rings. The van der Waals surface area contributed by atoms with Gasteiger partial charge in [0.25, 0.3) is 5.91 Å². The van der Waals surface area contributed by atoms with Gasteiger partial charge in [-0.25, -0.2) is 8.78 Å². The first kappa shape index (κ1) is 15.2. The standard InChI is InChI=1S/C16H14F2N2O3/c1-9(21)11-8-19-4-5-20(16(23)14(19)15(11)22)7-10-2-3-12(17)13(18)6-10/h2-3,6,8,22H,4-5,7H2,1H3. The molecular weight excluding hydrogens is 306 g/mol. The van der Waals surface area contributed by atoms with Crippen LogP contribution >= 0.6 is 0 Å². The van der Waals surface area contributed by atoms with E-state index in [1.807, 2.05) is 0 Å². The fraction of sp³-hybridized carbons (Fsp3) is 0.250. The fourth-order valence-electron chi connectivity index (χ4n) is 2.69. The Labute approximate surface area is 130 Å². The summed E-state index contributed by atoms with van der Waals surface area (Å²) in [5, 5.41) is 10.1. The van der Waals surface area contributed by atoms with Crippen molar-refractivity contribution >= 4 is 11.7 Å². The molecule has 0 spiro atoms. The van der Waals surface area contributed by atoms with Crippen molar-refractivity contribution in [2.75, 3.05) is 6.54 Å². The minimum absolute atomic E-state index is 0.0454. The van der Waals surface area contributed by atoms with Crippen molar-refractivity contribution in [1.29, 1.82) is 0 Å². The number of carbonyl (C=O) groups is 2. The zero-order valence-corrected chi connectivity index (χ0v) is 12.3. The molecule has 0 fully saturated rings. The van der Waals surface area contributed by atoms with Crippen molar-refractivity contribution < 1.29 is 23.5 Å². The number of ketones is 1. The lowest BCUT2D eigenvalue weighted by Gasteiger charge is -2.28. The van der Waals surface area contributed by atoms with Gasteiger partial charge in [0.15, 0.2) is 23.2 Å². The minimum Gasteiger partial charge on any atom is -0.505 e. The number of hydrogen-bond donors (Lipinski definition) is 1. The molecule has 3 rings (SSSR count). The zero-order valence-electron chi connectivity index (χ0n) is 12.3. The third-order valence-corrected chi connectivity index (χ3v) is 3.89. The Morgan fingerprint density at radius 1 is 1.26 bits per heavy atom. The lowest BCUT2D eigenvalue weighted by atomic mass is 10.1. The van der Waals surface area contributed by atoms with Crippen LogP contribution in [0.15, 0.2) is 24.4 Å². The minimum atomic E-state index is -0.975. The van der Waals surface area contributed by atoms with Gasteiger partial charge in [-0.1, -0.05) is 6.07 Å². The van der Waals surface area contributed by atoms with Crippen LogP contribution in [-0.2, 0) is 13.1 Å². The summed E-state index contributed by atoms with van der Waals surface area (Å²) in [6.07, 6.45) is 1.46. The van der Waals surface area contributed by atoms with Crippen LogP contribution in [0.2, 0.25) is 0 Å². The highest BCUT2D eigenvalue weighted by atomic mass is 19.2. The first-order valence-corrected chi connectivity index (χ1v) is 7.04. The molecule has 0 saturated heterocycles. The molecule has 0 unspecified atom stereocenters. The van der Waals surface area contributed by atoms with Gasteiger partial charge in [-0.2, -0.15) is 0 Å². The summed E-state index contributed by atoms with van der Waals surface area (Å²) in [6, 6.07) is 3.45. The lowest BCUT2D eigenvalue weighted by molar-refractivity contribution is 0.0686. The fourth-order valence-corrected chi connectivity index (χ4v) is 2.69. The molecule has 0 saturated carbocycles. The predicted octanol–water partition coefficient (Wildman–Crippen LogP) is 2.33. The number of fused-ring (bicyclic) bond motifs is 1. The molecule has 5 nitrogen and oxygen atoms in total. The van der Waals surface area contributed by atoms with E-state index >= 15 is 0 Å². The Bertz CT molecular complexity index is 814.